The van der Waals surface area contributed by atoms with E-state index >= 15 is 0 Å². The van der Waals surface area contributed by atoms with Gasteiger partial charge in [-0.2, -0.15) is 5.10 Å². The molecule has 0 unspecified atom stereocenters. The van der Waals surface area contributed by atoms with Crippen molar-refractivity contribution in [1.82, 2.24) is 14.7 Å². The van der Waals surface area contributed by atoms with Crippen molar-refractivity contribution in [3.05, 3.63) is 18.0 Å². The first-order chi connectivity index (χ1) is 9.57. The number of nitrogens with zero attached hydrogens (tertiary/aromatic N) is 3. The fourth-order valence-corrected chi connectivity index (χ4v) is 4.83. The lowest BCUT2D eigenvalue weighted by molar-refractivity contribution is -0.0356. The van der Waals surface area contributed by atoms with Gasteiger partial charge in [0.2, 0.25) is 0 Å². The summed E-state index contributed by atoms with van der Waals surface area (Å²) in [6, 6.07) is 0. The maximum absolute atomic E-state index is 6.28. The quantitative estimate of drug-likeness (QED) is 0.928. The molecule has 1 aliphatic rings. The van der Waals surface area contributed by atoms with E-state index in [1.54, 1.807) is 0 Å². The molecule has 21 heavy (non-hydrogen) atoms. The Morgan fingerprint density at radius 2 is 1.76 bits per heavy atom. The lowest BCUT2D eigenvalue weighted by Gasteiger charge is -2.55. The van der Waals surface area contributed by atoms with E-state index in [1.165, 1.54) is 12.0 Å². The molecule has 0 spiro atoms. The number of hydrogen-bond acceptors (Lipinski definition) is 3. The van der Waals surface area contributed by atoms with Crippen molar-refractivity contribution in [2.75, 3.05) is 13.6 Å². The fraction of sp³-hybridized carbons (Fsp3) is 0.824. The van der Waals surface area contributed by atoms with E-state index in [0.717, 1.165) is 25.9 Å². The number of nitrogens with two attached hydrogens (primary N) is 1. The van der Waals surface area contributed by atoms with Crippen molar-refractivity contribution in [2.24, 2.45) is 23.6 Å². The molecule has 0 radical (unpaired) electrons. The van der Waals surface area contributed by atoms with Crippen LogP contribution in [0.15, 0.2) is 12.4 Å². The van der Waals surface area contributed by atoms with Crippen molar-refractivity contribution >= 4 is 0 Å². The van der Waals surface area contributed by atoms with Gasteiger partial charge in [0, 0.05) is 37.4 Å². The highest BCUT2D eigenvalue weighted by molar-refractivity contribution is 5.08. The van der Waals surface area contributed by atoms with Gasteiger partial charge in [-0.1, -0.05) is 27.7 Å². The Kier molecular flexibility index (Phi) is 4.24. The second-order valence-corrected chi connectivity index (χ2v) is 8.67. The van der Waals surface area contributed by atoms with Gasteiger partial charge < -0.3 is 5.73 Å². The predicted molar refractivity (Wildman–Crippen MR) is 87.9 cm³/mol. The summed E-state index contributed by atoms with van der Waals surface area (Å²) in [4.78, 5) is 2.46. The van der Waals surface area contributed by atoms with Crippen LogP contribution in [0.4, 0.5) is 0 Å². The first-order valence-corrected chi connectivity index (χ1v) is 7.96. The monoisotopic (exact) mass is 292 g/mol. The van der Waals surface area contributed by atoms with E-state index in [1.807, 2.05) is 17.9 Å². The molecule has 1 aliphatic carbocycles. The summed E-state index contributed by atoms with van der Waals surface area (Å²) in [5.74, 6) is 0. The topological polar surface area (TPSA) is 47.1 Å². The third kappa shape index (κ3) is 3.67. The third-order valence-corrected chi connectivity index (χ3v) is 4.94. The molecule has 1 aromatic rings. The Balaban J connectivity index is 2.23. The molecule has 0 bridgehead atoms. The van der Waals surface area contributed by atoms with Crippen LogP contribution in [0, 0.1) is 10.8 Å². The van der Waals surface area contributed by atoms with Crippen molar-refractivity contribution in [3.8, 4) is 0 Å². The lowest BCUT2D eigenvalue weighted by Crippen LogP contribution is -2.59. The maximum Gasteiger partial charge on any atom is 0.0534 e. The van der Waals surface area contributed by atoms with Crippen LogP contribution < -0.4 is 5.73 Å². The minimum absolute atomic E-state index is 0.0844. The van der Waals surface area contributed by atoms with Gasteiger partial charge in [-0.3, -0.25) is 9.58 Å². The molecule has 0 aliphatic heterocycles. The summed E-state index contributed by atoms with van der Waals surface area (Å²) < 4.78 is 1.87. The van der Waals surface area contributed by atoms with Gasteiger partial charge in [-0.15, -0.1) is 0 Å². The Bertz CT molecular complexity index is 471. The minimum atomic E-state index is 0.0844. The summed E-state index contributed by atoms with van der Waals surface area (Å²) in [6.45, 7) is 11.2. The van der Waals surface area contributed by atoms with Crippen molar-refractivity contribution in [3.63, 3.8) is 0 Å². The smallest absolute Gasteiger partial charge is 0.0534 e. The second kappa shape index (κ2) is 5.40. The molecule has 2 N–H and O–H groups in total. The van der Waals surface area contributed by atoms with Crippen molar-refractivity contribution in [1.29, 1.82) is 0 Å². The summed E-state index contributed by atoms with van der Waals surface area (Å²) in [7, 11) is 4.19. The van der Waals surface area contributed by atoms with Crippen LogP contribution in [0.25, 0.3) is 0 Å². The van der Waals surface area contributed by atoms with Crippen LogP contribution in [-0.4, -0.2) is 33.8 Å². The highest BCUT2D eigenvalue weighted by Gasteiger charge is 2.48. The van der Waals surface area contributed by atoms with Crippen LogP contribution in [0.5, 0.6) is 0 Å². The molecule has 0 atom stereocenters. The molecular formula is C17H32N4. The van der Waals surface area contributed by atoms with Gasteiger partial charge in [0.1, 0.15) is 0 Å². The standard InChI is InChI=1S/C17H32N4/c1-15(2)10-16(3,4)12-17(11-15,13-18)20(5)8-14-7-19-21(6)9-14/h7,9H,8,10-13,18H2,1-6H3. The van der Waals surface area contributed by atoms with Crippen molar-refractivity contribution < 1.29 is 0 Å². The number of aryl methyl sites for hydroxylation is 1. The number of rotatable bonds is 4. The summed E-state index contributed by atoms with van der Waals surface area (Å²) in [5, 5.41) is 4.28. The van der Waals surface area contributed by atoms with Crippen LogP contribution in [0.2, 0.25) is 0 Å². The first-order valence-electron chi connectivity index (χ1n) is 7.96. The molecule has 1 heterocycles. The largest absolute Gasteiger partial charge is 0.329 e. The van der Waals surface area contributed by atoms with Gasteiger partial charge in [-0.05, 0) is 37.1 Å². The summed E-state index contributed by atoms with van der Waals surface area (Å²) in [6.07, 6.45) is 7.65. The predicted octanol–water partition coefficient (Wildman–Crippen LogP) is 2.79. The average Bonchev–Trinajstić information content (AvgIpc) is 2.70. The van der Waals surface area contributed by atoms with E-state index in [4.69, 9.17) is 5.73 Å². The van der Waals surface area contributed by atoms with E-state index in [2.05, 4.69) is 50.9 Å². The second-order valence-electron chi connectivity index (χ2n) is 8.67. The Morgan fingerprint density at radius 3 is 2.19 bits per heavy atom. The van der Waals surface area contributed by atoms with E-state index in [-0.39, 0.29) is 5.54 Å². The van der Waals surface area contributed by atoms with Crippen LogP contribution in [0.1, 0.15) is 52.5 Å². The molecule has 1 fully saturated rings. The molecule has 0 saturated heterocycles. The number of likely N-dealkylation sites (N-methyl/N-ethyl adjacent to an activating group) is 1. The van der Waals surface area contributed by atoms with E-state index in [0.29, 0.717) is 10.8 Å². The zero-order chi connectivity index (χ0) is 15.9. The Labute approximate surface area is 129 Å². The normalized spacial score (nSPS) is 23.4. The van der Waals surface area contributed by atoms with Crippen LogP contribution in [-0.2, 0) is 13.6 Å². The molecular weight excluding hydrogens is 260 g/mol. The van der Waals surface area contributed by atoms with Crippen LogP contribution in [0.3, 0.4) is 0 Å². The van der Waals surface area contributed by atoms with Crippen LogP contribution >= 0.6 is 0 Å². The van der Waals surface area contributed by atoms with Gasteiger partial charge in [0.25, 0.3) is 0 Å². The first kappa shape index (κ1) is 16.5. The molecule has 1 saturated carbocycles. The SMILES string of the molecule is CN(Cc1cnn(C)c1)C1(CN)CC(C)(C)CC(C)(C)C1. The Hall–Kier alpha value is -0.870. The molecule has 0 aromatic carbocycles. The maximum atomic E-state index is 6.28. The molecule has 120 valence electrons. The Morgan fingerprint density at radius 1 is 1.19 bits per heavy atom. The van der Waals surface area contributed by atoms with E-state index in [9.17, 15) is 0 Å². The molecule has 1 aromatic heterocycles. The molecule has 4 nitrogen and oxygen atoms in total. The van der Waals surface area contributed by atoms with Crippen molar-refractivity contribution in [2.45, 2.75) is 59.0 Å². The molecule has 0 amide bonds. The van der Waals surface area contributed by atoms with Gasteiger partial charge in [0.15, 0.2) is 0 Å². The molecule has 2 rings (SSSR count). The zero-order valence-corrected chi connectivity index (χ0v) is 14.6. The highest BCUT2D eigenvalue weighted by Crippen LogP contribution is 2.51. The minimum Gasteiger partial charge on any atom is -0.329 e. The summed E-state index contributed by atoms with van der Waals surface area (Å²) in [5.41, 5.74) is 8.30. The lowest BCUT2D eigenvalue weighted by atomic mass is 9.58. The van der Waals surface area contributed by atoms with Gasteiger partial charge in [0.05, 0.1) is 6.20 Å². The highest BCUT2D eigenvalue weighted by atomic mass is 15.3. The fourth-order valence-electron chi connectivity index (χ4n) is 4.83. The van der Waals surface area contributed by atoms with E-state index < -0.39 is 0 Å². The average molecular weight is 292 g/mol. The zero-order valence-electron chi connectivity index (χ0n) is 14.6. The van der Waals surface area contributed by atoms with Gasteiger partial charge >= 0.3 is 0 Å². The third-order valence-electron chi connectivity index (χ3n) is 4.94. The molecule has 4 heteroatoms. The number of aromatic nitrogens is 2. The number of hydrogen-bond donors (Lipinski definition) is 1. The van der Waals surface area contributed by atoms with Gasteiger partial charge in [-0.25, -0.2) is 0 Å². The summed E-state index contributed by atoms with van der Waals surface area (Å²) >= 11 is 0.